The van der Waals surface area contributed by atoms with Gasteiger partial charge in [0.2, 0.25) is 0 Å². The largest absolute Gasteiger partial charge is 0.328 e. The summed E-state index contributed by atoms with van der Waals surface area (Å²) >= 11 is 0. The monoisotopic (exact) mass is 558 g/mol. The predicted octanol–water partition coefficient (Wildman–Crippen LogP) is -5.69. The van der Waals surface area contributed by atoms with Crippen molar-refractivity contribution in [3.63, 3.8) is 0 Å². The Morgan fingerprint density at radius 1 is 0.300 bits per heavy atom. The number of hydrogen-bond acceptors (Lipinski definition) is 14. The van der Waals surface area contributed by atoms with Crippen LogP contribution in [-0.4, -0.2) is 68.5 Å². The number of hydrogen-bond donors (Lipinski definition) is 14. The van der Waals surface area contributed by atoms with Gasteiger partial charge in [-0.05, 0) is 52.4 Å². The quantitative estimate of drug-likeness (QED) is 0.124. The molecule has 3 rings (SSSR count). The summed E-state index contributed by atoms with van der Waals surface area (Å²) in [4.78, 5) is 0. The van der Waals surface area contributed by atoms with Gasteiger partial charge in [0.25, 0.3) is 68.5 Å². The van der Waals surface area contributed by atoms with Crippen LogP contribution in [0.5, 0.6) is 0 Å². The summed E-state index contributed by atoms with van der Waals surface area (Å²) in [7, 11) is -19.8. The van der Waals surface area contributed by atoms with Crippen molar-refractivity contribution < 1.29 is 0 Å². The maximum absolute atomic E-state index is 6.73. The van der Waals surface area contributed by atoms with Crippen LogP contribution in [0.4, 0.5) is 0 Å². The SMILES string of the molecule is C[Si]1(N)N[Si](C)(N)N[Si]2(C)N[Si](C)(N1)N[Si]1(C)N[Si](C)(N)N[Si](C)(N)N[Si](C)(N1)N2. The molecule has 3 saturated heterocycles. The molecular weight excluding hydrogens is 517 g/mol. The van der Waals surface area contributed by atoms with Crippen LogP contribution in [0.3, 0.4) is 0 Å². The summed E-state index contributed by atoms with van der Waals surface area (Å²) < 4.78 is 38.3. The van der Waals surface area contributed by atoms with E-state index < -0.39 is 68.5 Å². The minimum Gasteiger partial charge on any atom is -0.328 e. The van der Waals surface area contributed by atoms with Gasteiger partial charge in [-0.25, -0.2) is 0 Å². The first kappa shape index (κ1) is 25.8. The number of rotatable bonds is 0. The van der Waals surface area contributed by atoms with Gasteiger partial charge in [0.05, 0.1) is 0 Å². The molecule has 3 fully saturated rings. The fourth-order valence-corrected chi connectivity index (χ4v) is 59.9. The standard InChI is InChI=1S/C8H42N14Si8/c1-23(9)13-24(2,10)16-28(6)19-27(5,15-23)21-29(7)17-25(3,11)14-26(4,12)18-30(8,20-29)22-28/h13-22H,9-12H2,1-8H3. The summed E-state index contributed by atoms with van der Waals surface area (Å²) in [5.41, 5.74) is 0. The summed E-state index contributed by atoms with van der Waals surface area (Å²) in [5, 5.41) is 26.9. The average molecular weight is 559 g/mol. The highest BCUT2D eigenvalue weighted by atomic mass is 28.5. The molecule has 0 radical (unpaired) electrons. The van der Waals surface area contributed by atoms with Crippen LogP contribution >= 0.6 is 0 Å². The molecule has 14 nitrogen and oxygen atoms in total. The van der Waals surface area contributed by atoms with Crippen molar-refractivity contribution in [2.75, 3.05) is 0 Å². The molecule has 0 amide bonds. The molecule has 176 valence electrons. The minimum atomic E-state index is -2.49. The predicted molar refractivity (Wildman–Crippen MR) is 141 cm³/mol. The van der Waals surface area contributed by atoms with Crippen LogP contribution in [-0.2, 0) is 0 Å². The van der Waals surface area contributed by atoms with Crippen LogP contribution in [0.1, 0.15) is 0 Å². The zero-order valence-corrected chi connectivity index (χ0v) is 27.3. The highest BCUT2D eigenvalue weighted by molar-refractivity contribution is 7.13. The Balaban J connectivity index is 2.11. The first-order valence-corrected chi connectivity index (χ1v) is 30.5. The Morgan fingerprint density at radius 3 is 0.633 bits per heavy atom. The molecule has 0 spiro atoms. The second-order valence-electron chi connectivity index (χ2n) is 10.6. The Labute approximate surface area is 188 Å². The molecule has 3 aliphatic rings. The summed E-state index contributed by atoms with van der Waals surface area (Å²) in [6.45, 7) is 17.1. The maximum atomic E-state index is 6.73. The van der Waals surface area contributed by atoms with E-state index in [0.717, 1.165) is 0 Å². The first-order valence-electron chi connectivity index (χ1n) is 10.2. The van der Waals surface area contributed by atoms with E-state index in [0.29, 0.717) is 0 Å². The highest BCUT2D eigenvalue weighted by Crippen LogP contribution is 2.14. The fraction of sp³-hybridized carbons (Fsp3) is 1.00. The number of nitrogens with two attached hydrogens (primary N) is 4. The van der Waals surface area contributed by atoms with Gasteiger partial charge in [-0.1, -0.05) is 0 Å². The molecule has 0 aromatic heterocycles. The van der Waals surface area contributed by atoms with E-state index in [4.69, 9.17) is 21.6 Å². The van der Waals surface area contributed by atoms with E-state index in [-0.39, 0.29) is 0 Å². The van der Waals surface area contributed by atoms with Crippen LogP contribution < -0.4 is 68.1 Å². The third-order valence-corrected chi connectivity index (χ3v) is 45.7. The van der Waals surface area contributed by atoms with Gasteiger partial charge in [-0.2, -0.15) is 0 Å². The minimum absolute atomic E-state index is 2.06. The lowest BCUT2D eigenvalue weighted by Crippen LogP contribution is -3.07. The maximum Gasteiger partial charge on any atom is 0.266 e. The summed E-state index contributed by atoms with van der Waals surface area (Å²) in [5.74, 6) is 0. The Morgan fingerprint density at radius 2 is 0.467 bits per heavy atom. The van der Waals surface area contributed by atoms with Gasteiger partial charge >= 0.3 is 0 Å². The molecular formula is C8H42N14Si8. The molecule has 4 unspecified atom stereocenters. The zero-order chi connectivity index (χ0) is 23.1. The van der Waals surface area contributed by atoms with Crippen molar-refractivity contribution in [2.45, 2.75) is 52.4 Å². The number of nitrogens with one attached hydrogen (secondary N) is 10. The summed E-state index contributed by atoms with van der Waals surface area (Å²) in [6.07, 6.45) is 0. The van der Waals surface area contributed by atoms with Gasteiger partial charge in [-0.15, -0.1) is 0 Å². The molecule has 22 heteroatoms. The molecule has 0 saturated carbocycles. The smallest absolute Gasteiger partial charge is 0.266 e. The molecule has 0 aromatic rings. The van der Waals surface area contributed by atoms with Crippen molar-refractivity contribution in [2.24, 2.45) is 21.6 Å². The first-order chi connectivity index (χ1) is 13.1. The van der Waals surface area contributed by atoms with Gasteiger partial charge in [0.15, 0.2) is 0 Å². The van der Waals surface area contributed by atoms with Gasteiger partial charge < -0.3 is 68.1 Å². The molecule has 4 atom stereocenters. The Hall–Kier alpha value is 1.18. The second-order valence-corrected chi connectivity index (χ2v) is 39.2. The van der Waals surface area contributed by atoms with Crippen molar-refractivity contribution in [3.8, 4) is 0 Å². The lowest BCUT2D eigenvalue weighted by molar-refractivity contribution is 0.885. The summed E-state index contributed by atoms with van der Waals surface area (Å²) in [6, 6.07) is 0. The molecule has 0 aliphatic carbocycles. The van der Waals surface area contributed by atoms with E-state index >= 15 is 0 Å². The third-order valence-electron chi connectivity index (χ3n) is 5.08. The lowest BCUT2D eigenvalue weighted by Gasteiger charge is -2.59. The van der Waals surface area contributed by atoms with Gasteiger partial charge in [0.1, 0.15) is 0 Å². The molecule has 4 bridgehead atoms. The highest BCUT2D eigenvalue weighted by Gasteiger charge is 2.61. The van der Waals surface area contributed by atoms with E-state index in [9.17, 15) is 0 Å². The zero-order valence-electron chi connectivity index (χ0n) is 19.3. The average Bonchev–Trinajstić information content (AvgIpc) is 2.22. The molecule has 3 heterocycles. The van der Waals surface area contributed by atoms with Crippen LogP contribution in [0.15, 0.2) is 0 Å². The Kier molecular flexibility index (Phi) is 6.31. The van der Waals surface area contributed by atoms with E-state index in [1.807, 2.05) is 0 Å². The lowest BCUT2D eigenvalue weighted by atomic mass is 11.9. The van der Waals surface area contributed by atoms with Crippen LogP contribution in [0.2, 0.25) is 52.4 Å². The fourth-order valence-electron chi connectivity index (χ4n) is 5.66. The van der Waals surface area contributed by atoms with Gasteiger partial charge in [-0.3, -0.25) is 0 Å². The molecule has 18 N–H and O–H groups in total. The van der Waals surface area contributed by atoms with E-state index in [1.165, 1.54) is 0 Å². The normalized spacial score (nSPS) is 60.4. The molecule has 30 heavy (non-hydrogen) atoms. The van der Waals surface area contributed by atoms with Gasteiger partial charge in [0, 0.05) is 0 Å². The van der Waals surface area contributed by atoms with E-state index in [1.54, 1.807) is 0 Å². The third kappa shape index (κ3) is 6.19. The van der Waals surface area contributed by atoms with Crippen molar-refractivity contribution in [1.82, 2.24) is 46.5 Å². The van der Waals surface area contributed by atoms with Crippen molar-refractivity contribution in [3.05, 3.63) is 0 Å². The van der Waals surface area contributed by atoms with Crippen LogP contribution in [0.25, 0.3) is 0 Å². The number of fused-ring (bicyclic) bond motifs is 4. The van der Waals surface area contributed by atoms with Crippen LogP contribution in [0, 0.1) is 0 Å². The second kappa shape index (κ2) is 7.33. The topological polar surface area (TPSA) is 224 Å². The van der Waals surface area contributed by atoms with E-state index in [2.05, 4.69) is 98.9 Å². The van der Waals surface area contributed by atoms with Crippen molar-refractivity contribution in [1.29, 1.82) is 0 Å². The molecule has 0 aromatic carbocycles. The Bertz CT molecular complexity index is 599. The molecule has 3 aliphatic heterocycles. The van der Waals surface area contributed by atoms with Crippen molar-refractivity contribution >= 4 is 68.5 Å².